The van der Waals surface area contributed by atoms with Crippen molar-refractivity contribution in [1.29, 1.82) is 0 Å². The van der Waals surface area contributed by atoms with Crippen LogP contribution in [0.4, 0.5) is 0 Å². The molecule has 16 heavy (non-hydrogen) atoms. The molecule has 0 aliphatic carbocycles. The molecule has 0 saturated heterocycles. The van der Waals surface area contributed by atoms with Gasteiger partial charge in [0.05, 0.1) is 12.0 Å². The van der Waals surface area contributed by atoms with Crippen LogP contribution >= 0.6 is 23.4 Å². The molecule has 0 radical (unpaired) electrons. The van der Waals surface area contributed by atoms with Crippen molar-refractivity contribution < 1.29 is 4.42 Å². The van der Waals surface area contributed by atoms with Crippen molar-refractivity contribution in [1.82, 2.24) is 10.2 Å². The number of rotatable bonds is 3. The minimum Gasteiger partial charge on any atom is -0.468 e. The number of thioether (sulfide) groups is 1. The van der Waals surface area contributed by atoms with E-state index in [9.17, 15) is 0 Å². The average Bonchev–Trinajstić information content (AvgIpc) is 2.78. The highest BCUT2D eigenvalue weighted by Crippen LogP contribution is 2.27. The number of hydrogen-bond acceptors (Lipinski definition) is 4. The van der Waals surface area contributed by atoms with Crippen LogP contribution < -0.4 is 0 Å². The van der Waals surface area contributed by atoms with E-state index in [1.54, 1.807) is 18.0 Å². The summed E-state index contributed by atoms with van der Waals surface area (Å²) in [5, 5.41) is 9.35. The molecule has 2 aromatic heterocycles. The van der Waals surface area contributed by atoms with Gasteiger partial charge >= 0.3 is 0 Å². The summed E-state index contributed by atoms with van der Waals surface area (Å²) in [6.07, 6.45) is 1.67. The molecule has 5 heteroatoms. The molecule has 0 unspecified atom stereocenters. The van der Waals surface area contributed by atoms with Crippen molar-refractivity contribution in [2.45, 2.75) is 24.6 Å². The molecule has 0 spiro atoms. The average molecular weight is 255 g/mol. The molecular weight excluding hydrogens is 244 g/mol. The number of aromatic nitrogens is 2. The molecule has 2 heterocycles. The fourth-order valence-corrected chi connectivity index (χ4v) is 2.32. The van der Waals surface area contributed by atoms with Crippen molar-refractivity contribution in [3.05, 3.63) is 40.4 Å². The van der Waals surface area contributed by atoms with E-state index in [-0.39, 0.29) is 0 Å². The third-order valence-electron chi connectivity index (χ3n) is 2.35. The third kappa shape index (κ3) is 2.39. The SMILES string of the molecule is Cc1c(Cl)nnc(SCc2ccco2)c1C. The summed E-state index contributed by atoms with van der Waals surface area (Å²) in [5.74, 6) is 1.68. The number of hydrogen-bond donors (Lipinski definition) is 0. The van der Waals surface area contributed by atoms with Gasteiger partial charge in [0.2, 0.25) is 0 Å². The van der Waals surface area contributed by atoms with Gasteiger partial charge in [-0.15, -0.1) is 10.2 Å². The lowest BCUT2D eigenvalue weighted by Gasteiger charge is -2.06. The van der Waals surface area contributed by atoms with Crippen molar-refractivity contribution in [3.63, 3.8) is 0 Å². The van der Waals surface area contributed by atoms with Crippen LogP contribution in [0.5, 0.6) is 0 Å². The predicted octanol–water partition coefficient (Wildman–Crippen LogP) is 3.63. The monoisotopic (exact) mass is 254 g/mol. The lowest BCUT2D eigenvalue weighted by molar-refractivity contribution is 0.530. The Labute approximate surface area is 103 Å². The van der Waals surface area contributed by atoms with E-state index in [0.29, 0.717) is 5.15 Å². The van der Waals surface area contributed by atoms with Gasteiger partial charge in [-0.1, -0.05) is 23.4 Å². The molecule has 2 rings (SSSR count). The zero-order valence-electron chi connectivity index (χ0n) is 9.03. The number of nitrogens with zero attached hydrogens (tertiary/aromatic N) is 2. The normalized spacial score (nSPS) is 10.7. The molecule has 0 bridgehead atoms. The van der Waals surface area contributed by atoms with Crippen LogP contribution in [0, 0.1) is 13.8 Å². The Morgan fingerprint density at radius 2 is 2.12 bits per heavy atom. The first kappa shape index (κ1) is 11.5. The topological polar surface area (TPSA) is 38.9 Å². The first-order valence-electron chi connectivity index (χ1n) is 4.83. The van der Waals surface area contributed by atoms with Crippen molar-refractivity contribution in [2.75, 3.05) is 0 Å². The van der Waals surface area contributed by atoms with Gasteiger partial charge in [0.25, 0.3) is 0 Å². The summed E-state index contributed by atoms with van der Waals surface area (Å²) < 4.78 is 5.25. The van der Waals surface area contributed by atoms with Crippen molar-refractivity contribution >= 4 is 23.4 Å². The van der Waals surface area contributed by atoms with Gasteiger partial charge in [-0.3, -0.25) is 0 Å². The van der Waals surface area contributed by atoms with Gasteiger partial charge in [-0.2, -0.15) is 0 Å². The van der Waals surface area contributed by atoms with E-state index in [1.165, 1.54) is 0 Å². The molecule has 0 N–H and O–H groups in total. The zero-order valence-corrected chi connectivity index (χ0v) is 10.6. The second-order valence-corrected chi connectivity index (χ2v) is 4.74. The maximum atomic E-state index is 5.88. The quantitative estimate of drug-likeness (QED) is 0.784. The summed E-state index contributed by atoms with van der Waals surface area (Å²) >= 11 is 7.49. The predicted molar refractivity (Wildman–Crippen MR) is 64.8 cm³/mol. The van der Waals surface area contributed by atoms with Gasteiger partial charge < -0.3 is 4.42 Å². The Morgan fingerprint density at radius 1 is 1.31 bits per heavy atom. The molecule has 0 atom stereocenters. The maximum absolute atomic E-state index is 5.88. The molecule has 84 valence electrons. The second kappa shape index (κ2) is 4.89. The molecular formula is C11H11ClN2OS. The minimum atomic E-state index is 0.472. The van der Waals surface area contributed by atoms with E-state index in [2.05, 4.69) is 10.2 Å². The number of furan rings is 1. The van der Waals surface area contributed by atoms with Crippen LogP contribution in [0.2, 0.25) is 5.15 Å². The Bertz CT molecular complexity index is 485. The molecule has 0 aliphatic rings. The summed E-state index contributed by atoms with van der Waals surface area (Å²) in [5.41, 5.74) is 2.06. The largest absolute Gasteiger partial charge is 0.468 e. The van der Waals surface area contributed by atoms with Crippen LogP contribution in [0.15, 0.2) is 27.8 Å². The highest BCUT2D eigenvalue weighted by molar-refractivity contribution is 7.98. The molecule has 2 aromatic rings. The Kier molecular flexibility index (Phi) is 3.51. The van der Waals surface area contributed by atoms with E-state index < -0.39 is 0 Å². The Balaban J connectivity index is 2.13. The van der Waals surface area contributed by atoms with Gasteiger partial charge in [0.15, 0.2) is 5.15 Å². The first-order valence-corrected chi connectivity index (χ1v) is 6.19. The zero-order chi connectivity index (χ0) is 11.5. The standard InChI is InChI=1S/C11H11ClN2OS/c1-7-8(2)11(14-13-10(7)12)16-6-9-4-3-5-15-9/h3-5H,6H2,1-2H3. The maximum Gasteiger partial charge on any atom is 0.154 e. The summed E-state index contributed by atoms with van der Waals surface area (Å²) in [4.78, 5) is 0. The van der Waals surface area contributed by atoms with Gasteiger partial charge in [0, 0.05) is 0 Å². The molecule has 0 fully saturated rings. The van der Waals surface area contributed by atoms with E-state index >= 15 is 0 Å². The van der Waals surface area contributed by atoms with Crippen LogP contribution in [0.25, 0.3) is 0 Å². The summed E-state index contributed by atoms with van der Waals surface area (Å²) in [7, 11) is 0. The molecule has 0 saturated carbocycles. The van der Waals surface area contributed by atoms with Crippen LogP contribution in [0.3, 0.4) is 0 Å². The fraction of sp³-hybridized carbons (Fsp3) is 0.273. The van der Waals surface area contributed by atoms with E-state index in [4.69, 9.17) is 16.0 Å². The van der Waals surface area contributed by atoms with Crippen molar-refractivity contribution in [2.24, 2.45) is 0 Å². The lowest BCUT2D eigenvalue weighted by Crippen LogP contribution is -1.95. The van der Waals surface area contributed by atoms with Crippen LogP contribution in [-0.4, -0.2) is 10.2 Å². The Morgan fingerprint density at radius 3 is 2.81 bits per heavy atom. The molecule has 0 amide bonds. The van der Waals surface area contributed by atoms with Gasteiger partial charge in [-0.25, -0.2) is 0 Å². The molecule has 0 aromatic carbocycles. The van der Waals surface area contributed by atoms with Gasteiger partial charge in [-0.05, 0) is 37.1 Å². The van der Waals surface area contributed by atoms with E-state index in [1.807, 2.05) is 26.0 Å². The molecule has 0 aliphatic heterocycles. The highest BCUT2D eigenvalue weighted by atomic mass is 35.5. The Hall–Kier alpha value is -1.00. The van der Waals surface area contributed by atoms with Crippen LogP contribution in [0.1, 0.15) is 16.9 Å². The van der Waals surface area contributed by atoms with Gasteiger partial charge in [0.1, 0.15) is 10.8 Å². The molecule has 3 nitrogen and oxygen atoms in total. The summed E-state index contributed by atoms with van der Waals surface area (Å²) in [6, 6.07) is 3.82. The number of halogens is 1. The van der Waals surface area contributed by atoms with E-state index in [0.717, 1.165) is 27.7 Å². The fourth-order valence-electron chi connectivity index (χ4n) is 1.23. The lowest BCUT2D eigenvalue weighted by atomic mass is 10.2. The minimum absolute atomic E-state index is 0.472. The second-order valence-electron chi connectivity index (χ2n) is 3.41. The smallest absolute Gasteiger partial charge is 0.154 e. The van der Waals surface area contributed by atoms with Crippen LogP contribution in [-0.2, 0) is 5.75 Å². The third-order valence-corrected chi connectivity index (χ3v) is 3.80. The highest BCUT2D eigenvalue weighted by Gasteiger charge is 2.09. The first-order chi connectivity index (χ1) is 7.68. The van der Waals surface area contributed by atoms with Crippen molar-refractivity contribution in [3.8, 4) is 0 Å². The summed E-state index contributed by atoms with van der Waals surface area (Å²) in [6.45, 7) is 3.95.